The van der Waals surface area contributed by atoms with E-state index < -0.39 is 5.82 Å². The van der Waals surface area contributed by atoms with Gasteiger partial charge in [-0.25, -0.2) is 4.39 Å². The minimum atomic E-state index is -0.481. The minimum Gasteiger partial charge on any atom is -0.493 e. The lowest BCUT2D eigenvalue weighted by atomic mass is 10.1. The summed E-state index contributed by atoms with van der Waals surface area (Å²) in [6.07, 6.45) is 0.931. The van der Waals surface area contributed by atoms with Gasteiger partial charge in [-0.2, -0.15) is 5.26 Å². The van der Waals surface area contributed by atoms with Gasteiger partial charge in [-0.3, -0.25) is 0 Å². The van der Waals surface area contributed by atoms with E-state index in [4.69, 9.17) is 10.00 Å². The number of nitrogens with zero attached hydrogens (tertiary/aromatic N) is 1. The number of benzene rings is 2. The van der Waals surface area contributed by atoms with E-state index in [9.17, 15) is 4.39 Å². The predicted octanol–water partition coefficient (Wildman–Crippen LogP) is 3.24. The van der Waals surface area contributed by atoms with Crippen molar-refractivity contribution in [2.75, 3.05) is 11.9 Å². The topological polar surface area (TPSA) is 45.0 Å². The number of ether oxygens (including phenoxy) is 1. The van der Waals surface area contributed by atoms with Gasteiger partial charge in [-0.05, 0) is 41.5 Å². The van der Waals surface area contributed by atoms with Gasteiger partial charge in [0.05, 0.1) is 12.2 Å². The lowest BCUT2D eigenvalue weighted by molar-refractivity contribution is 0.357. The zero-order valence-electron chi connectivity index (χ0n) is 10.8. The Labute approximate surface area is 116 Å². The van der Waals surface area contributed by atoms with Gasteiger partial charge in [0, 0.05) is 18.7 Å². The second-order valence-corrected chi connectivity index (χ2v) is 4.70. The summed E-state index contributed by atoms with van der Waals surface area (Å²) in [5.74, 6) is 0.468. The molecule has 20 heavy (non-hydrogen) atoms. The zero-order valence-corrected chi connectivity index (χ0v) is 10.8. The molecule has 100 valence electrons. The zero-order chi connectivity index (χ0) is 13.9. The maximum absolute atomic E-state index is 13.2. The maximum Gasteiger partial charge on any atom is 0.140 e. The van der Waals surface area contributed by atoms with Crippen LogP contribution in [-0.2, 0) is 13.0 Å². The SMILES string of the molecule is N#Cc1cc(CNc2ccc3c(c2)CCO3)ccc1F. The molecular formula is C16H13FN2O. The summed E-state index contributed by atoms with van der Waals surface area (Å²) in [5.41, 5.74) is 3.15. The highest BCUT2D eigenvalue weighted by molar-refractivity contribution is 5.52. The first-order valence-corrected chi connectivity index (χ1v) is 6.44. The summed E-state index contributed by atoms with van der Waals surface area (Å²) in [4.78, 5) is 0. The van der Waals surface area contributed by atoms with Gasteiger partial charge in [0.1, 0.15) is 17.6 Å². The normalized spacial score (nSPS) is 12.4. The van der Waals surface area contributed by atoms with E-state index in [-0.39, 0.29) is 5.56 Å². The third kappa shape index (κ3) is 2.43. The highest BCUT2D eigenvalue weighted by atomic mass is 19.1. The lowest BCUT2D eigenvalue weighted by Crippen LogP contribution is -2.00. The van der Waals surface area contributed by atoms with E-state index in [2.05, 4.69) is 11.4 Å². The summed E-state index contributed by atoms with van der Waals surface area (Å²) in [7, 11) is 0. The first-order valence-electron chi connectivity index (χ1n) is 6.44. The molecule has 2 aromatic rings. The third-order valence-corrected chi connectivity index (χ3v) is 3.34. The van der Waals surface area contributed by atoms with Crippen LogP contribution in [0.4, 0.5) is 10.1 Å². The maximum atomic E-state index is 13.2. The van der Waals surface area contributed by atoms with Crippen molar-refractivity contribution < 1.29 is 9.13 Å². The first-order chi connectivity index (χ1) is 9.76. The van der Waals surface area contributed by atoms with Gasteiger partial charge in [0.25, 0.3) is 0 Å². The standard InChI is InChI=1S/C16H13FN2O/c17-15-3-1-11(7-13(15)9-18)10-19-14-2-4-16-12(8-14)5-6-20-16/h1-4,7-8,19H,5-6,10H2. The van der Waals surface area contributed by atoms with Crippen LogP contribution in [0, 0.1) is 17.1 Å². The lowest BCUT2D eigenvalue weighted by Gasteiger charge is -2.08. The quantitative estimate of drug-likeness (QED) is 0.929. The number of nitriles is 1. The predicted molar refractivity (Wildman–Crippen MR) is 74.1 cm³/mol. The number of hydrogen-bond donors (Lipinski definition) is 1. The van der Waals surface area contributed by atoms with Gasteiger partial charge < -0.3 is 10.1 Å². The summed E-state index contributed by atoms with van der Waals surface area (Å²) in [5, 5.41) is 12.1. The van der Waals surface area contributed by atoms with Crippen LogP contribution in [-0.4, -0.2) is 6.61 Å². The van der Waals surface area contributed by atoms with E-state index in [0.29, 0.717) is 6.54 Å². The van der Waals surface area contributed by atoms with Gasteiger partial charge in [0.15, 0.2) is 0 Å². The van der Waals surface area contributed by atoms with Crippen LogP contribution >= 0.6 is 0 Å². The number of hydrogen-bond acceptors (Lipinski definition) is 3. The van der Waals surface area contributed by atoms with E-state index >= 15 is 0 Å². The van der Waals surface area contributed by atoms with Crippen molar-refractivity contribution >= 4 is 5.69 Å². The number of fused-ring (bicyclic) bond motifs is 1. The Morgan fingerprint density at radius 2 is 2.15 bits per heavy atom. The summed E-state index contributed by atoms with van der Waals surface area (Å²) < 4.78 is 18.7. The molecule has 0 bridgehead atoms. The molecule has 0 aliphatic carbocycles. The highest BCUT2D eigenvalue weighted by Gasteiger charge is 2.11. The Bertz CT molecular complexity index is 691. The van der Waals surface area contributed by atoms with Crippen LogP contribution in [0.5, 0.6) is 5.75 Å². The fourth-order valence-electron chi connectivity index (χ4n) is 2.27. The summed E-state index contributed by atoms with van der Waals surface area (Å²) >= 11 is 0. The molecule has 1 aliphatic heterocycles. The van der Waals surface area contributed by atoms with Gasteiger partial charge >= 0.3 is 0 Å². The van der Waals surface area contributed by atoms with Crippen LogP contribution < -0.4 is 10.1 Å². The molecule has 1 N–H and O–H groups in total. The second kappa shape index (κ2) is 5.22. The average Bonchev–Trinajstić information content (AvgIpc) is 2.94. The van der Waals surface area contributed by atoms with Crippen molar-refractivity contribution in [3.05, 3.63) is 58.9 Å². The number of nitrogens with one attached hydrogen (secondary N) is 1. The van der Waals surface area contributed by atoms with Crippen molar-refractivity contribution in [1.29, 1.82) is 5.26 Å². The van der Waals surface area contributed by atoms with Crippen LogP contribution in [0.1, 0.15) is 16.7 Å². The molecule has 1 heterocycles. The van der Waals surface area contributed by atoms with Gasteiger partial charge in [-0.15, -0.1) is 0 Å². The number of rotatable bonds is 3. The largest absolute Gasteiger partial charge is 0.493 e. The Morgan fingerprint density at radius 3 is 3.00 bits per heavy atom. The minimum absolute atomic E-state index is 0.0756. The molecule has 2 aromatic carbocycles. The van der Waals surface area contributed by atoms with Crippen LogP contribution in [0.25, 0.3) is 0 Å². The van der Waals surface area contributed by atoms with E-state index in [1.165, 1.54) is 11.6 Å². The Kier molecular flexibility index (Phi) is 3.26. The highest BCUT2D eigenvalue weighted by Crippen LogP contribution is 2.28. The molecule has 0 radical (unpaired) electrons. The molecule has 0 spiro atoms. The first kappa shape index (κ1) is 12.5. The van der Waals surface area contributed by atoms with Gasteiger partial charge in [-0.1, -0.05) is 6.07 Å². The van der Waals surface area contributed by atoms with Crippen molar-refractivity contribution in [2.45, 2.75) is 13.0 Å². The van der Waals surface area contributed by atoms with Crippen molar-refractivity contribution in [3.8, 4) is 11.8 Å². The molecule has 3 nitrogen and oxygen atoms in total. The van der Waals surface area contributed by atoms with Crippen molar-refractivity contribution in [1.82, 2.24) is 0 Å². The molecule has 0 saturated heterocycles. The van der Waals surface area contributed by atoms with E-state index in [1.54, 1.807) is 12.1 Å². The number of halogens is 1. The van der Waals surface area contributed by atoms with Crippen molar-refractivity contribution in [2.24, 2.45) is 0 Å². The fourth-order valence-corrected chi connectivity index (χ4v) is 2.27. The molecule has 4 heteroatoms. The van der Waals surface area contributed by atoms with E-state index in [0.717, 1.165) is 30.0 Å². The third-order valence-electron chi connectivity index (χ3n) is 3.34. The molecule has 0 fully saturated rings. The molecule has 0 atom stereocenters. The second-order valence-electron chi connectivity index (χ2n) is 4.70. The van der Waals surface area contributed by atoms with Crippen molar-refractivity contribution in [3.63, 3.8) is 0 Å². The summed E-state index contributed by atoms with van der Waals surface area (Å²) in [6, 6.07) is 12.4. The van der Waals surface area contributed by atoms with Gasteiger partial charge in [0.2, 0.25) is 0 Å². The molecule has 0 unspecified atom stereocenters. The molecule has 0 saturated carbocycles. The molecule has 0 aromatic heterocycles. The van der Waals surface area contributed by atoms with E-state index in [1.807, 2.05) is 18.2 Å². The molecule has 1 aliphatic rings. The van der Waals surface area contributed by atoms with Crippen LogP contribution in [0.3, 0.4) is 0 Å². The van der Waals surface area contributed by atoms with Crippen LogP contribution in [0.2, 0.25) is 0 Å². The Hall–Kier alpha value is -2.54. The monoisotopic (exact) mass is 268 g/mol. The smallest absolute Gasteiger partial charge is 0.140 e. The molecular weight excluding hydrogens is 255 g/mol. The average molecular weight is 268 g/mol. The van der Waals surface area contributed by atoms with Crippen LogP contribution in [0.15, 0.2) is 36.4 Å². The number of anilines is 1. The molecule has 3 rings (SSSR count). The Morgan fingerprint density at radius 1 is 1.25 bits per heavy atom. The molecule has 0 amide bonds. The Balaban J connectivity index is 1.72. The summed E-state index contributed by atoms with van der Waals surface area (Å²) in [6.45, 7) is 1.29. The fraction of sp³-hybridized carbons (Fsp3) is 0.188.